The fourth-order valence-corrected chi connectivity index (χ4v) is 4.62. The zero-order chi connectivity index (χ0) is 21.2. The molecule has 0 radical (unpaired) electrons. The molecule has 10 heteroatoms. The maximum absolute atomic E-state index is 13.3. The number of unbranched alkanes of at least 4 members (excludes halogenated alkanes) is 1. The molecule has 156 valence electrons. The van der Waals surface area contributed by atoms with Gasteiger partial charge in [-0.1, -0.05) is 25.5 Å². The summed E-state index contributed by atoms with van der Waals surface area (Å²) >= 11 is 0. The van der Waals surface area contributed by atoms with Crippen molar-refractivity contribution in [1.29, 1.82) is 0 Å². The highest BCUT2D eigenvalue weighted by atomic mass is 32.2. The number of imidazole rings is 1. The van der Waals surface area contributed by atoms with Gasteiger partial charge in [0.15, 0.2) is 5.69 Å². The highest BCUT2D eigenvalue weighted by Crippen LogP contribution is 2.31. The van der Waals surface area contributed by atoms with Crippen LogP contribution in [0.25, 0.3) is 5.69 Å². The van der Waals surface area contributed by atoms with Crippen LogP contribution in [0.3, 0.4) is 0 Å². The molecule has 29 heavy (non-hydrogen) atoms. The number of hydrogen-bond donors (Lipinski definition) is 1. The zero-order valence-corrected chi connectivity index (χ0v) is 17.6. The highest BCUT2D eigenvalue weighted by Gasteiger charge is 2.36. The van der Waals surface area contributed by atoms with E-state index in [1.165, 1.54) is 17.3 Å². The van der Waals surface area contributed by atoms with Crippen molar-refractivity contribution < 1.29 is 18.0 Å². The van der Waals surface area contributed by atoms with E-state index in [0.717, 1.165) is 17.1 Å². The summed E-state index contributed by atoms with van der Waals surface area (Å²) < 4.78 is 29.2. The summed E-state index contributed by atoms with van der Waals surface area (Å²) in [4.78, 5) is 30.6. The molecule has 2 aromatic rings. The van der Waals surface area contributed by atoms with Gasteiger partial charge >= 0.3 is 0 Å². The second-order valence-corrected chi connectivity index (χ2v) is 8.95. The van der Waals surface area contributed by atoms with E-state index in [9.17, 15) is 18.0 Å². The number of likely N-dealkylation sites (N-methyl/N-ethyl adjacent to an activating group) is 1. The van der Waals surface area contributed by atoms with Crippen molar-refractivity contribution in [3.8, 4) is 5.69 Å². The summed E-state index contributed by atoms with van der Waals surface area (Å²) in [6, 6.07) is 6.50. The van der Waals surface area contributed by atoms with Crippen LogP contribution in [-0.4, -0.2) is 66.2 Å². The number of aromatic nitrogens is 2. The summed E-state index contributed by atoms with van der Waals surface area (Å²) in [6.45, 7) is 2.08. The van der Waals surface area contributed by atoms with E-state index in [0.29, 0.717) is 17.9 Å². The molecule has 2 amide bonds. The van der Waals surface area contributed by atoms with Crippen molar-refractivity contribution in [3.63, 3.8) is 0 Å². The van der Waals surface area contributed by atoms with E-state index in [1.54, 1.807) is 36.9 Å². The number of hydrogen-bond acceptors (Lipinski definition) is 5. The Labute approximate surface area is 170 Å². The highest BCUT2D eigenvalue weighted by molar-refractivity contribution is 7.89. The Morgan fingerprint density at radius 2 is 1.97 bits per heavy atom. The van der Waals surface area contributed by atoms with Gasteiger partial charge in [0.1, 0.15) is 11.2 Å². The number of nitrogens with one attached hydrogen (secondary N) is 1. The van der Waals surface area contributed by atoms with Crippen molar-refractivity contribution >= 4 is 21.8 Å². The first-order valence-corrected chi connectivity index (χ1v) is 10.9. The summed E-state index contributed by atoms with van der Waals surface area (Å²) in [6.07, 6.45) is 3.23. The van der Waals surface area contributed by atoms with Crippen molar-refractivity contribution in [2.45, 2.75) is 31.2 Å². The van der Waals surface area contributed by atoms with Crippen LogP contribution in [0.4, 0.5) is 0 Å². The van der Waals surface area contributed by atoms with Gasteiger partial charge in [0, 0.05) is 20.6 Å². The maximum atomic E-state index is 13.3. The molecule has 0 saturated carbocycles. The minimum absolute atomic E-state index is 0.0700. The Hall–Kier alpha value is -2.72. The molecule has 1 aliphatic heterocycles. The third kappa shape index (κ3) is 4.03. The van der Waals surface area contributed by atoms with E-state index >= 15 is 0 Å². The average Bonchev–Trinajstić information content (AvgIpc) is 3.07. The molecule has 1 aromatic carbocycles. The Bertz CT molecular complexity index is 1030. The number of carbonyl (C=O) groups excluding carboxylic acids is 2. The number of nitrogens with zero attached hydrogens (tertiary/aromatic N) is 4. The first-order valence-electron chi connectivity index (χ1n) is 9.41. The average molecular weight is 420 g/mol. The number of carbonyl (C=O) groups is 2. The quantitative estimate of drug-likeness (QED) is 0.703. The first-order chi connectivity index (χ1) is 13.8. The summed E-state index contributed by atoms with van der Waals surface area (Å²) in [5.74, 6) is -0.712. The van der Waals surface area contributed by atoms with Gasteiger partial charge < -0.3 is 10.2 Å². The Kier molecular flexibility index (Phi) is 6.04. The van der Waals surface area contributed by atoms with Crippen LogP contribution in [0.5, 0.6) is 0 Å². The van der Waals surface area contributed by atoms with Crippen molar-refractivity contribution in [1.82, 2.24) is 24.1 Å². The van der Waals surface area contributed by atoms with Gasteiger partial charge in [0.25, 0.3) is 5.91 Å². The number of para-hydroxylation sites is 1. The van der Waals surface area contributed by atoms with E-state index in [-0.39, 0.29) is 35.5 Å². The standard InChI is InChI=1S/C19H25N5O4S/c1-4-5-10-20-19(26)18-15-11-23(12-17(25)22(2)3)29(27,28)16-9-7-6-8-14(16)24(15)13-21-18/h6-9,13H,4-5,10-12H2,1-3H3,(H,20,26). The lowest BCUT2D eigenvalue weighted by molar-refractivity contribution is -0.128. The minimum Gasteiger partial charge on any atom is -0.351 e. The van der Waals surface area contributed by atoms with Crippen LogP contribution in [-0.2, 0) is 21.4 Å². The predicted molar refractivity (Wildman–Crippen MR) is 107 cm³/mol. The second kappa shape index (κ2) is 8.34. The normalized spacial score (nSPS) is 15.1. The molecule has 9 nitrogen and oxygen atoms in total. The number of rotatable bonds is 6. The largest absolute Gasteiger partial charge is 0.351 e. The summed E-state index contributed by atoms with van der Waals surface area (Å²) in [7, 11) is -0.809. The molecule has 0 saturated heterocycles. The topological polar surface area (TPSA) is 105 Å². The molecule has 0 unspecified atom stereocenters. The lowest BCUT2D eigenvalue weighted by Crippen LogP contribution is -2.39. The number of sulfonamides is 1. The molecule has 0 spiro atoms. The van der Waals surface area contributed by atoms with Gasteiger partial charge in [0.2, 0.25) is 15.9 Å². The summed E-state index contributed by atoms with van der Waals surface area (Å²) in [5, 5.41) is 2.82. The predicted octanol–water partition coefficient (Wildman–Crippen LogP) is 0.995. The van der Waals surface area contributed by atoms with Crippen LogP contribution < -0.4 is 5.32 Å². The number of fused-ring (bicyclic) bond motifs is 3. The second-order valence-electron chi connectivity index (χ2n) is 7.05. The number of amides is 2. The van der Waals surface area contributed by atoms with Crippen molar-refractivity contribution in [3.05, 3.63) is 42.0 Å². The van der Waals surface area contributed by atoms with Crippen molar-refractivity contribution in [2.24, 2.45) is 0 Å². The van der Waals surface area contributed by atoms with Crippen LogP contribution in [0.1, 0.15) is 35.9 Å². The van der Waals surface area contributed by atoms with Crippen LogP contribution >= 0.6 is 0 Å². The summed E-state index contributed by atoms with van der Waals surface area (Å²) in [5.41, 5.74) is 0.997. The molecule has 1 N–H and O–H groups in total. The van der Waals surface area contributed by atoms with Crippen LogP contribution in [0.2, 0.25) is 0 Å². The van der Waals surface area contributed by atoms with E-state index in [1.807, 2.05) is 6.92 Å². The zero-order valence-electron chi connectivity index (χ0n) is 16.8. The first kappa shape index (κ1) is 21.0. The smallest absolute Gasteiger partial charge is 0.271 e. The third-order valence-electron chi connectivity index (χ3n) is 4.78. The minimum atomic E-state index is -3.94. The molecule has 0 aliphatic carbocycles. The monoisotopic (exact) mass is 419 g/mol. The lowest BCUT2D eigenvalue weighted by Gasteiger charge is -2.21. The third-order valence-corrected chi connectivity index (χ3v) is 6.62. The van der Waals surface area contributed by atoms with Crippen LogP contribution in [0, 0.1) is 0 Å². The lowest BCUT2D eigenvalue weighted by atomic mass is 10.2. The Morgan fingerprint density at radius 3 is 2.66 bits per heavy atom. The maximum Gasteiger partial charge on any atom is 0.271 e. The SMILES string of the molecule is CCCCNC(=O)c1ncn2c1CN(CC(=O)N(C)C)S(=O)(=O)c1ccccc1-2. The molecule has 3 rings (SSSR count). The van der Waals surface area contributed by atoms with Gasteiger partial charge in [-0.2, -0.15) is 4.31 Å². The molecule has 0 atom stereocenters. The number of benzene rings is 1. The van der Waals surface area contributed by atoms with E-state index in [4.69, 9.17) is 0 Å². The Balaban J connectivity index is 2.09. The van der Waals surface area contributed by atoms with Gasteiger partial charge in [-0.3, -0.25) is 14.2 Å². The molecule has 1 aliphatic rings. The fraction of sp³-hybridized carbons (Fsp3) is 0.421. The van der Waals surface area contributed by atoms with Gasteiger partial charge in [-0.05, 0) is 18.6 Å². The molecule has 0 fully saturated rings. The Morgan fingerprint density at radius 1 is 1.24 bits per heavy atom. The molecular formula is C19H25N5O4S. The fourth-order valence-electron chi connectivity index (χ4n) is 3.08. The van der Waals surface area contributed by atoms with Gasteiger partial charge in [0.05, 0.1) is 24.5 Å². The molecule has 2 heterocycles. The molecule has 0 bridgehead atoms. The van der Waals surface area contributed by atoms with E-state index in [2.05, 4.69) is 10.3 Å². The van der Waals surface area contributed by atoms with Crippen molar-refractivity contribution in [2.75, 3.05) is 27.2 Å². The van der Waals surface area contributed by atoms with Crippen LogP contribution in [0.15, 0.2) is 35.5 Å². The van der Waals surface area contributed by atoms with Gasteiger partial charge in [-0.25, -0.2) is 13.4 Å². The molecular weight excluding hydrogens is 394 g/mol. The van der Waals surface area contributed by atoms with E-state index < -0.39 is 10.0 Å². The van der Waals surface area contributed by atoms with Gasteiger partial charge in [-0.15, -0.1) is 0 Å². The molecule has 1 aromatic heterocycles.